The molecule has 2 aromatic carbocycles. The summed E-state index contributed by atoms with van der Waals surface area (Å²) < 4.78 is 19.6. The fourth-order valence-electron chi connectivity index (χ4n) is 4.49. The van der Waals surface area contributed by atoms with E-state index in [1.165, 1.54) is 12.1 Å². The second-order valence-electron chi connectivity index (χ2n) is 8.37. The van der Waals surface area contributed by atoms with E-state index in [2.05, 4.69) is 20.2 Å². The van der Waals surface area contributed by atoms with Gasteiger partial charge in [-0.1, -0.05) is 13.0 Å². The van der Waals surface area contributed by atoms with Gasteiger partial charge in [-0.3, -0.25) is 5.10 Å². The molecule has 0 radical (unpaired) electrons. The highest BCUT2D eigenvalue weighted by molar-refractivity contribution is 5.94. The van der Waals surface area contributed by atoms with Crippen LogP contribution in [0.2, 0.25) is 0 Å². The average molecular weight is 465 g/mol. The minimum atomic E-state index is -0.654. The molecule has 2 amide bonds. The van der Waals surface area contributed by atoms with Crippen molar-refractivity contribution in [3.8, 4) is 28.4 Å². The number of morpholine rings is 1. The summed E-state index contributed by atoms with van der Waals surface area (Å²) in [5.41, 5.74) is 10.2. The Morgan fingerprint density at radius 2 is 2.21 bits per heavy atom. The Kier molecular flexibility index (Phi) is 5.66. The van der Waals surface area contributed by atoms with Gasteiger partial charge in [-0.05, 0) is 47.4 Å². The van der Waals surface area contributed by atoms with Gasteiger partial charge in [-0.15, -0.1) is 0 Å². The summed E-state index contributed by atoms with van der Waals surface area (Å²) in [5, 5.41) is 18.0. The van der Waals surface area contributed by atoms with Crippen LogP contribution in [-0.2, 0) is 17.6 Å². The number of fused-ring (bicyclic) bond motifs is 1. The molecule has 3 heterocycles. The molecule has 1 aliphatic heterocycles. The van der Waals surface area contributed by atoms with Crippen molar-refractivity contribution in [2.75, 3.05) is 19.8 Å². The van der Waals surface area contributed by atoms with Crippen molar-refractivity contribution in [3.63, 3.8) is 0 Å². The number of phenols is 1. The summed E-state index contributed by atoms with van der Waals surface area (Å²) >= 11 is 0. The van der Waals surface area contributed by atoms with E-state index < -0.39 is 11.8 Å². The third kappa shape index (κ3) is 3.96. The minimum absolute atomic E-state index is 0.156. The summed E-state index contributed by atoms with van der Waals surface area (Å²) in [6, 6.07) is 7.94. The number of nitrogens with zero attached hydrogens (tertiary/aromatic N) is 3. The predicted molar refractivity (Wildman–Crippen MR) is 125 cm³/mol. The van der Waals surface area contributed by atoms with Gasteiger partial charge >= 0.3 is 6.03 Å². The molecule has 176 valence electrons. The molecule has 0 spiro atoms. The number of hydrogen-bond acceptors (Lipinski definition) is 5. The number of halogens is 1. The van der Waals surface area contributed by atoms with E-state index in [1.54, 1.807) is 11.1 Å². The second-order valence-corrected chi connectivity index (χ2v) is 8.37. The molecule has 1 saturated heterocycles. The van der Waals surface area contributed by atoms with Crippen molar-refractivity contribution in [2.24, 2.45) is 5.73 Å². The maximum absolute atomic E-state index is 14.0. The highest BCUT2D eigenvalue weighted by Gasteiger charge is 2.26. The van der Waals surface area contributed by atoms with Gasteiger partial charge < -0.3 is 25.5 Å². The Bertz CT molecular complexity index is 1360. The van der Waals surface area contributed by atoms with Crippen LogP contribution in [0.1, 0.15) is 18.2 Å². The second kappa shape index (κ2) is 8.79. The third-order valence-corrected chi connectivity index (χ3v) is 6.25. The van der Waals surface area contributed by atoms with Crippen LogP contribution >= 0.6 is 0 Å². The maximum Gasteiger partial charge on any atom is 0.315 e. The lowest BCUT2D eigenvalue weighted by Gasteiger charge is -2.34. The summed E-state index contributed by atoms with van der Waals surface area (Å²) in [5.74, 6) is -0.405. The molecule has 5 N–H and O–H groups in total. The number of primary amides is 1. The number of rotatable bonds is 5. The number of H-pyrrole nitrogens is 2. The number of aromatic amines is 2. The highest BCUT2D eigenvalue weighted by Crippen LogP contribution is 2.33. The maximum atomic E-state index is 14.0. The Morgan fingerprint density at radius 1 is 1.35 bits per heavy atom. The molecule has 9 nitrogen and oxygen atoms in total. The molecule has 1 atom stereocenters. The number of hydrogen-bond donors (Lipinski definition) is 4. The number of urea groups is 1. The van der Waals surface area contributed by atoms with Gasteiger partial charge in [-0.25, -0.2) is 14.2 Å². The van der Waals surface area contributed by atoms with Gasteiger partial charge in [0, 0.05) is 30.2 Å². The number of aromatic hydroxyl groups is 1. The lowest BCUT2D eigenvalue weighted by molar-refractivity contribution is 0.0145. The van der Waals surface area contributed by atoms with Crippen LogP contribution in [0.15, 0.2) is 36.5 Å². The Balaban J connectivity index is 1.43. The first kappa shape index (κ1) is 21.9. The van der Waals surface area contributed by atoms with E-state index >= 15 is 0 Å². The number of aromatic nitrogens is 4. The largest absolute Gasteiger partial charge is 0.505 e. The van der Waals surface area contributed by atoms with Crippen LogP contribution in [0.3, 0.4) is 0 Å². The Morgan fingerprint density at radius 3 is 3.00 bits per heavy atom. The molecule has 4 aromatic rings. The van der Waals surface area contributed by atoms with Crippen LogP contribution in [0, 0.1) is 5.82 Å². The fraction of sp³-hybridized carbons (Fsp3) is 0.292. The molecule has 1 fully saturated rings. The number of carbonyl (C=O) groups excluding carboxylic acids is 1. The number of nitrogens with one attached hydrogen (secondary N) is 2. The van der Waals surface area contributed by atoms with Crippen molar-refractivity contribution in [1.29, 1.82) is 0 Å². The van der Waals surface area contributed by atoms with E-state index in [-0.39, 0.29) is 11.8 Å². The van der Waals surface area contributed by atoms with E-state index in [1.807, 2.05) is 25.1 Å². The zero-order valence-corrected chi connectivity index (χ0v) is 18.6. The predicted octanol–water partition coefficient (Wildman–Crippen LogP) is 3.35. The number of ether oxygens (including phenoxy) is 1. The lowest BCUT2D eigenvalue weighted by atomic mass is 9.96. The molecule has 5 rings (SSSR count). The zero-order chi connectivity index (χ0) is 23.8. The summed E-state index contributed by atoms with van der Waals surface area (Å²) in [4.78, 5) is 21.1. The van der Waals surface area contributed by atoms with Gasteiger partial charge in [0.15, 0.2) is 17.4 Å². The van der Waals surface area contributed by atoms with E-state index in [0.29, 0.717) is 44.1 Å². The average Bonchev–Trinajstić information content (AvgIpc) is 3.47. The Labute approximate surface area is 194 Å². The van der Waals surface area contributed by atoms with Crippen molar-refractivity contribution < 1.29 is 19.0 Å². The standard InChI is InChI=1S/C24H25FN6O3/c1-2-13-8-21(32)19(25)10-18(13)14-3-4-17-20(7-14)29-30-22(17)23-27-11-15(28-23)9-16-12-34-6-5-31(16)24(26)33/h3-4,7-8,10-11,16,32H,2,5-6,9,12H2,1H3,(H2,26,33)(H,27,28)(H,29,30). The topological polar surface area (TPSA) is 133 Å². The molecule has 0 aliphatic carbocycles. The molecular weight excluding hydrogens is 439 g/mol. The molecule has 2 aromatic heterocycles. The summed E-state index contributed by atoms with van der Waals surface area (Å²) in [7, 11) is 0. The summed E-state index contributed by atoms with van der Waals surface area (Å²) in [6.07, 6.45) is 2.92. The van der Waals surface area contributed by atoms with Gasteiger partial charge in [0.2, 0.25) is 0 Å². The van der Waals surface area contributed by atoms with Gasteiger partial charge in [0.05, 0.1) is 24.8 Å². The van der Waals surface area contributed by atoms with Crippen LogP contribution in [-0.4, -0.2) is 62.0 Å². The number of phenolic OH excluding ortho intramolecular Hbond substituents is 1. The number of aryl methyl sites for hydroxylation is 1. The lowest BCUT2D eigenvalue weighted by Crippen LogP contribution is -2.51. The number of imidazole rings is 1. The van der Waals surface area contributed by atoms with Gasteiger partial charge in [0.25, 0.3) is 0 Å². The molecule has 1 unspecified atom stereocenters. The van der Waals surface area contributed by atoms with E-state index in [0.717, 1.165) is 33.3 Å². The van der Waals surface area contributed by atoms with Crippen molar-refractivity contribution >= 4 is 16.9 Å². The van der Waals surface area contributed by atoms with E-state index in [9.17, 15) is 14.3 Å². The van der Waals surface area contributed by atoms with Crippen molar-refractivity contribution in [2.45, 2.75) is 25.8 Å². The number of carbonyl (C=O) groups is 1. The van der Waals surface area contributed by atoms with Crippen molar-refractivity contribution in [1.82, 2.24) is 25.1 Å². The monoisotopic (exact) mass is 464 g/mol. The number of nitrogens with two attached hydrogens (primary N) is 1. The van der Waals surface area contributed by atoms with Crippen molar-refractivity contribution in [3.05, 3.63) is 53.6 Å². The smallest absolute Gasteiger partial charge is 0.315 e. The molecular formula is C24H25FN6O3. The SMILES string of the molecule is CCc1cc(O)c(F)cc1-c1ccc2c(-c3ncc(CC4COCCN4C(N)=O)[nH]3)n[nH]c2c1. The van der Waals surface area contributed by atoms with Crippen LogP contribution in [0.5, 0.6) is 5.75 Å². The van der Waals surface area contributed by atoms with E-state index in [4.69, 9.17) is 10.5 Å². The normalized spacial score (nSPS) is 16.3. The molecule has 0 bridgehead atoms. The highest BCUT2D eigenvalue weighted by atomic mass is 19.1. The zero-order valence-electron chi connectivity index (χ0n) is 18.6. The quantitative estimate of drug-likeness (QED) is 0.359. The number of amides is 2. The third-order valence-electron chi connectivity index (χ3n) is 6.25. The molecule has 10 heteroatoms. The van der Waals surface area contributed by atoms with Crippen LogP contribution < -0.4 is 5.73 Å². The Hall–Kier alpha value is -3.92. The molecule has 1 aliphatic rings. The first-order valence-electron chi connectivity index (χ1n) is 11.1. The van der Waals surface area contributed by atoms with Gasteiger partial charge in [0.1, 0.15) is 5.69 Å². The minimum Gasteiger partial charge on any atom is -0.505 e. The van der Waals surface area contributed by atoms with Crippen LogP contribution in [0.4, 0.5) is 9.18 Å². The first-order chi connectivity index (χ1) is 16.4. The number of benzene rings is 2. The van der Waals surface area contributed by atoms with Crippen LogP contribution in [0.25, 0.3) is 33.5 Å². The van der Waals surface area contributed by atoms with Gasteiger partial charge in [-0.2, -0.15) is 5.10 Å². The fourth-order valence-corrected chi connectivity index (χ4v) is 4.49. The molecule has 34 heavy (non-hydrogen) atoms. The first-order valence-corrected chi connectivity index (χ1v) is 11.1. The molecule has 0 saturated carbocycles. The summed E-state index contributed by atoms with van der Waals surface area (Å²) in [6.45, 7) is 3.33.